The average Bonchev–Trinajstić information content (AvgIpc) is 2.46. The van der Waals surface area contributed by atoms with Crippen molar-refractivity contribution in [2.24, 2.45) is 0 Å². The van der Waals surface area contributed by atoms with Gasteiger partial charge in [0.15, 0.2) is 0 Å². The van der Waals surface area contributed by atoms with Gasteiger partial charge in [-0.3, -0.25) is 4.31 Å². The number of anilines is 1. The van der Waals surface area contributed by atoms with Gasteiger partial charge >= 0.3 is 0 Å². The SMILES string of the molecule is Cc1ccc2c(c1)CCCN2S(=O)(=O)c1ccccc1F. The first kappa shape index (κ1) is 14.1. The van der Waals surface area contributed by atoms with Crippen molar-refractivity contribution in [3.63, 3.8) is 0 Å². The topological polar surface area (TPSA) is 37.4 Å². The Bertz CT molecular complexity index is 787. The average molecular weight is 305 g/mol. The van der Waals surface area contributed by atoms with E-state index < -0.39 is 15.8 Å². The fourth-order valence-corrected chi connectivity index (χ4v) is 4.32. The molecule has 3 nitrogen and oxygen atoms in total. The van der Waals surface area contributed by atoms with E-state index in [0.717, 1.165) is 24.0 Å². The lowest BCUT2D eigenvalue weighted by atomic mass is 10.0. The van der Waals surface area contributed by atoms with Crippen molar-refractivity contribution in [3.05, 3.63) is 59.4 Å². The lowest BCUT2D eigenvalue weighted by Gasteiger charge is -2.30. The maximum absolute atomic E-state index is 13.9. The number of aryl methyl sites for hydroxylation is 2. The second-order valence-electron chi connectivity index (χ2n) is 5.24. The highest BCUT2D eigenvalue weighted by Gasteiger charge is 2.30. The zero-order chi connectivity index (χ0) is 15.0. The van der Waals surface area contributed by atoms with E-state index in [1.807, 2.05) is 25.1 Å². The van der Waals surface area contributed by atoms with Crippen LogP contribution in [0.4, 0.5) is 10.1 Å². The number of hydrogen-bond acceptors (Lipinski definition) is 2. The molecule has 0 bridgehead atoms. The maximum atomic E-state index is 13.9. The van der Waals surface area contributed by atoms with E-state index in [-0.39, 0.29) is 4.90 Å². The van der Waals surface area contributed by atoms with E-state index in [1.165, 1.54) is 28.6 Å². The molecule has 0 fully saturated rings. The second kappa shape index (κ2) is 5.15. The third-order valence-electron chi connectivity index (χ3n) is 3.72. The van der Waals surface area contributed by atoms with Crippen LogP contribution in [-0.4, -0.2) is 15.0 Å². The van der Waals surface area contributed by atoms with E-state index in [1.54, 1.807) is 0 Å². The zero-order valence-corrected chi connectivity index (χ0v) is 12.5. The summed E-state index contributed by atoms with van der Waals surface area (Å²) in [7, 11) is -3.86. The number of rotatable bonds is 2. The fraction of sp³-hybridized carbons (Fsp3) is 0.250. The quantitative estimate of drug-likeness (QED) is 0.854. The van der Waals surface area contributed by atoms with Crippen molar-refractivity contribution in [3.8, 4) is 0 Å². The smallest absolute Gasteiger partial charge is 0.266 e. The molecule has 110 valence electrons. The van der Waals surface area contributed by atoms with Crippen LogP contribution in [0.15, 0.2) is 47.4 Å². The molecule has 0 aromatic heterocycles. The van der Waals surface area contributed by atoms with Crippen LogP contribution in [0, 0.1) is 12.7 Å². The highest BCUT2D eigenvalue weighted by molar-refractivity contribution is 7.92. The van der Waals surface area contributed by atoms with Crippen molar-refractivity contribution in [1.82, 2.24) is 0 Å². The van der Waals surface area contributed by atoms with E-state index in [2.05, 4.69) is 0 Å². The van der Waals surface area contributed by atoms with Gasteiger partial charge < -0.3 is 0 Å². The van der Waals surface area contributed by atoms with Crippen LogP contribution in [-0.2, 0) is 16.4 Å². The molecule has 1 heterocycles. The summed E-state index contributed by atoms with van der Waals surface area (Å²) in [5.41, 5.74) is 2.76. The van der Waals surface area contributed by atoms with Gasteiger partial charge in [0.1, 0.15) is 10.7 Å². The molecule has 1 aliphatic heterocycles. The Labute approximate surface area is 124 Å². The van der Waals surface area contributed by atoms with Gasteiger partial charge in [-0.25, -0.2) is 12.8 Å². The van der Waals surface area contributed by atoms with E-state index in [9.17, 15) is 12.8 Å². The number of hydrogen-bond donors (Lipinski definition) is 0. The fourth-order valence-electron chi connectivity index (χ4n) is 2.71. The van der Waals surface area contributed by atoms with Crippen LogP contribution < -0.4 is 4.31 Å². The summed E-state index contributed by atoms with van der Waals surface area (Å²) in [5, 5.41) is 0. The third-order valence-corrected chi connectivity index (χ3v) is 5.56. The molecule has 21 heavy (non-hydrogen) atoms. The summed E-state index contributed by atoms with van der Waals surface area (Å²) in [4.78, 5) is -0.265. The van der Waals surface area contributed by atoms with Crippen molar-refractivity contribution in [2.75, 3.05) is 10.8 Å². The molecule has 0 radical (unpaired) electrons. The lowest BCUT2D eigenvalue weighted by molar-refractivity contribution is 0.561. The van der Waals surface area contributed by atoms with Gasteiger partial charge in [-0.05, 0) is 43.5 Å². The van der Waals surface area contributed by atoms with Crippen LogP contribution in [0.1, 0.15) is 17.5 Å². The molecule has 0 saturated carbocycles. The Morgan fingerprint density at radius 1 is 1.14 bits per heavy atom. The molecule has 5 heteroatoms. The Morgan fingerprint density at radius 2 is 1.90 bits per heavy atom. The van der Waals surface area contributed by atoms with Crippen LogP contribution in [0.3, 0.4) is 0 Å². The first-order valence-corrected chi connectivity index (χ1v) is 8.31. The highest BCUT2D eigenvalue weighted by atomic mass is 32.2. The second-order valence-corrected chi connectivity index (χ2v) is 7.07. The minimum absolute atomic E-state index is 0.265. The molecule has 0 spiro atoms. The largest absolute Gasteiger partial charge is 0.267 e. The number of fused-ring (bicyclic) bond motifs is 1. The summed E-state index contributed by atoms with van der Waals surface area (Å²) in [6.07, 6.45) is 1.59. The summed E-state index contributed by atoms with van der Waals surface area (Å²) in [6.45, 7) is 2.36. The molecule has 2 aromatic rings. The van der Waals surface area contributed by atoms with Gasteiger partial charge in [-0.15, -0.1) is 0 Å². The summed E-state index contributed by atoms with van der Waals surface area (Å²) >= 11 is 0. The minimum Gasteiger partial charge on any atom is -0.266 e. The third kappa shape index (κ3) is 2.42. The molecule has 2 aromatic carbocycles. The predicted octanol–water partition coefficient (Wildman–Crippen LogP) is 3.28. The molecule has 0 N–H and O–H groups in total. The number of halogens is 1. The number of nitrogens with zero attached hydrogens (tertiary/aromatic N) is 1. The summed E-state index contributed by atoms with van der Waals surface area (Å²) in [5.74, 6) is -0.711. The standard InChI is InChI=1S/C16H16FNO2S/c1-12-8-9-15-13(11-12)5-4-10-18(15)21(19,20)16-7-3-2-6-14(16)17/h2-3,6-9,11H,4-5,10H2,1H3. The lowest BCUT2D eigenvalue weighted by Crippen LogP contribution is -2.36. The maximum Gasteiger partial charge on any atom is 0.267 e. The van der Waals surface area contributed by atoms with E-state index in [4.69, 9.17) is 0 Å². The number of benzene rings is 2. The minimum atomic E-state index is -3.86. The summed E-state index contributed by atoms with van der Waals surface area (Å²) in [6, 6.07) is 11.2. The monoisotopic (exact) mass is 305 g/mol. The van der Waals surface area contributed by atoms with Crippen molar-refractivity contribution >= 4 is 15.7 Å². The van der Waals surface area contributed by atoms with E-state index >= 15 is 0 Å². The van der Waals surface area contributed by atoms with Crippen LogP contribution in [0.25, 0.3) is 0 Å². The summed E-state index contributed by atoms with van der Waals surface area (Å²) < 4.78 is 40.7. The first-order valence-electron chi connectivity index (χ1n) is 6.87. The highest BCUT2D eigenvalue weighted by Crippen LogP contribution is 2.33. The Balaban J connectivity index is 2.12. The molecule has 0 aliphatic carbocycles. The van der Waals surface area contributed by atoms with Gasteiger partial charge in [-0.1, -0.05) is 29.8 Å². The van der Waals surface area contributed by atoms with E-state index in [0.29, 0.717) is 12.2 Å². The molecule has 0 unspecified atom stereocenters. The predicted molar refractivity (Wildman–Crippen MR) is 80.4 cm³/mol. The van der Waals surface area contributed by atoms with Crippen LogP contribution in [0.2, 0.25) is 0 Å². The Morgan fingerprint density at radius 3 is 2.67 bits per heavy atom. The van der Waals surface area contributed by atoms with Crippen molar-refractivity contribution in [1.29, 1.82) is 0 Å². The van der Waals surface area contributed by atoms with Gasteiger partial charge in [0.05, 0.1) is 5.69 Å². The molecule has 3 rings (SSSR count). The van der Waals surface area contributed by atoms with Gasteiger partial charge in [0, 0.05) is 6.54 Å². The van der Waals surface area contributed by atoms with Crippen molar-refractivity contribution < 1.29 is 12.8 Å². The first-order chi connectivity index (χ1) is 10.00. The van der Waals surface area contributed by atoms with Gasteiger partial charge in [0.25, 0.3) is 10.0 Å². The van der Waals surface area contributed by atoms with Crippen LogP contribution >= 0.6 is 0 Å². The Kier molecular flexibility index (Phi) is 3.45. The number of sulfonamides is 1. The van der Waals surface area contributed by atoms with Crippen molar-refractivity contribution in [2.45, 2.75) is 24.7 Å². The molecular weight excluding hydrogens is 289 g/mol. The molecule has 0 saturated heterocycles. The molecular formula is C16H16FNO2S. The zero-order valence-electron chi connectivity index (χ0n) is 11.7. The molecule has 0 amide bonds. The Hall–Kier alpha value is -1.88. The van der Waals surface area contributed by atoms with Crippen LogP contribution in [0.5, 0.6) is 0 Å². The molecule has 1 aliphatic rings. The normalized spacial score (nSPS) is 14.9. The van der Waals surface area contributed by atoms with Gasteiger partial charge in [-0.2, -0.15) is 0 Å². The molecule has 0 atom stereocenters. The van der Waals surface area contributed by atoms with Gasteiger partial charge in [0.2, 0.25) is 0 Å².